The molecule has 4 aliphatic rings. The van der Waals surface area contributed by atoms with Crippen LogP contribution in [0.1, 0.15) is 63.9 Å². The molecule has 7 heteroatoms. The fourth-order valence-electron chi connectivity index (χ4n) is 11.4. The van der Waals surface area contributed by atoms with Crippen LogP contribution in [0.3, 0.4) is 0 Å². The van der Waals surface area contributed by atoms with Gasteiger partial charge in [0.25, 0.3) is 0 Å². The molecule has 2 atom stereocenters. The summed E-state index contributed by atoms with van der Waals surface area (Å²) in [5.41, 5.74) is 9.51. The highest BCUT2D eigenvalue weighted by Gasteiger charge is 2.65. The number of hydrogen-bond acceptors (Lipinski definition) is 6. The fraction of sp³-hybridized carbons (Fsp3) is 0.109. The number of ether oxygens (including phenoxy) is 2. The van der Waals surface area contributed by atoms with Crippen LogP contribution in [0.5, 0.6) is 11.5 Å². The lowest BCUT2D eigenvalue weighted by Crippen LogP contribution is -2.37. The maximum absolute atomic E-state index is 12.0. The Morgan fingerprint density at radius 1 is 0.694 bits per heavy atom. The van der Waals surface area contributed by atoms with E-state index in [-0.39, 0.29) is 22.6 Å². The van der Waals surface area contributed by atoms with Crippen molar-refractivity contribution in [1.29, 1.82) is 15.8 Å². The number of anilines is 3. The van der Waals surface area contributed by atoms with Crippen molar-refractivity contribution in [1.82, 2.24) is 4.57 Å². The van der Waals surface area contributed by atoms with Crippen LogP contribution in [-0.2, 0) is 22.4 Å². The molecule has 7 nitrogen and oxygen atoms in total. The zero-order valence-electron chi connectivity index (χ0n) is 33.9. The van der Waals surface area contributed by atoms with E-state index in [9.17, 15) is 15.8 Å². The summed E-state index contributed by atoms with van der Waals surface area (Å²) in [4.78, 5) is 1.97. The summed E-state index contributed by atoms with van der Waals surface area (Å²) in [6.07, 6.45) is 4.56. The maximum atomic E-state index is 12.0. The van der Waals surface area contributed by atoms with Crippen molar-refractivity contribution in [2.75, 3.05) is 4.90 Å². The largest absolute Gasteiger partial charge is 0.452 e. The van der Waals surface area contributed by atoms with E-state index in [1.165, 1.54) is 0 Å². The first kappa shape index (κ1) is 35.8. The number of fused-ring (bicyclic) bond motifs is 16. The molecule has 0 saturated carbocycles. The summed E-state index contributed by atoms with van der Waals surface area (Å²) in [6, 6.07) is 52.4. The van der Waals surface area contributed by atoms with Crippen molar-refractivity contribution >= 4 is 44.6 Å². The van der Waals surface area contributed by atoms with Crippen molar-refractivity contribution in [3.8, 4) is 40.8 Å². The molecule has 3 heterocycles. The number of nitrogens with zero attached hydrogens (tertiary/aromatic N) is 5. The van der Waals surface area contributed by atoms with Crippen LogP contribution in [0.2, 0.25) is 0 Å². The highest BCUT2D eigenvalue weighted by atomic mass is 16.5. The Morgan fingerprint density at radius 2 is 1.34 bits per heavy atom. The van der Waals surface area contributed by atoms with Gasteiger partial charge >= 0.3 is 0 Å². The molecule has 0 amide bonds. The van der Waals surface area contributed by atoms with Gasteiger partial charge in [0, 0.05) is 33.3 Å². The molecule has 8 aromatic rings. The minimum absolute atomic E-state index is 0.104. The average molecular weight is 798 g/mol. The first-order valence-electron chi connectivity index (χ1n) is 20.8. The second-order valence-electron chi connectivity index (χ2n) is 16.4. The topological polar surface area (TPSA) is 98.0 Å². The molecule has 7 aromatic carbocycles. The predicted molar refractivity (Wildman–Crippen MR) is 241 cm³/mol. The Hall–Kier alpha value is -8.15. The first-order chi connectivity index (χ1) is 30.5. The Morgan fingerprint density at radius 3 is 2.05 bits per heavy atom. The van der Waals surface area contributed by atoms with E-state index in [1.54, 1.807) is 0 Å². The van der Waals surface area contributed by atoms with Gasteiger partial charge in [0.1, 0.15) is 29.4 Å². The Labute approximate surface area is 358 Å². The van der Waals surface area contributed by atoms with Gasteiger partial charge in [-0.25, -0.2) is 0 Å². The number of nitriles is 3. The van der Waals surface area contributed by atoms with E-state index >= 15 is 0 Å². The van der Waals surface area contributed by atoms with Crippen LogP contribution in [0.15, 0.2) is 152 Å². The van der Waals surface area contributed by atoms with Crippen LogP contribution in [-0.4, -0.2) is 4.57 Å². The van der Waals surface area contributed by atoms with E-state index in [4.69, 9.17) is 9.47 Å². The molecule has 1 aromatic heterocycles. The summed E-state index contributed by atoms with van der Waals surface area (Å²) in [6.45, 7) is 8.28. The molecule has 0 N–H and O–H groups in total. The van der Waals surface area contributed by atoms with Crippen molar-refractivity contribution < 1.29 is 9.47 Å². The first-order valence-corrected chi connectivity index (χ1v) is 20.8. The molecule has 2 aliphatic carbocycles. The van der Waals surface area contributed by atoms with Crippen LogP contribution >= 0.6 is 0 Å². The van der Waals surface area contributed by atoms with Gasteiger partial charge < -0.3 is 18.9 Å². The fourth-order valence-corrected chi connectivity index (χ4v) is 11.4. The van der Waals surface area contributed by atoms with Crippen LogP contribution in [0, 0.1) is 39.9 Å². The second-order valence-corrected chi connectivity index (χ2v) is 16.4. The molecule has 292 valence electrons. The third-order valence-corrected chi connectivity index (χ3v) is 13.7. The number of aromatic nitrogens is 1. The van der Waals surface area contributed by atoms with Gasteiger partial charge in [0.05, 0.1) is 50.2 Å². The molecule has 2 aliphatic heterocycles. The van der Waals surface area contributed by atoms with E-state index in [0.717, 1.165) is 60.9 Å². The molecule has 2 unspecified atom stereocenters. The molecule has 12 rings (SSSR count). The van der Waals surface area contributed by atoms with Crippen molar-refractivity contribution in [2.45, 2.75) is 31.5 Å². The Kier molecular flexibility index (Phi) is 7.32. The number of para-hydroxylation sites is 3. The summed E-state index contributed by atoms with van der Waals surface area (Å²) in [5, 5.41) is 37.0. The summed E-state index contributed by atoms with van der Waals surface area (Å²) in [7, 11) is 0. The zero-order chi connectivity index (χ0) is 42.1. The number of allylic oxidation sites excluding steroid dienone is 3. The monoisotopic (exact) mass is 797 g/mol. The summed E-state index contributed by atoms with van der Waals surface area (Å²) >= 11 is 0. The number of hydrogen-bond donors (Lipinski definition) is 0. The molecule has 0 bridgehead atoms. The van der Waals surface area contributed by atoms with Crippen molar-refractivity contribution in [3.05, 3.63) is 202 Å². The minimum atomic E-state index is -1.31. The van der Waals surface area contributed by atoms with Crippen molar-refractivity contribution in [2.24, 2.45) is 5.92 Å². The number of rotatable bonds is 3. The number of benzene rings is 7. The highest BCUT2D eigenvalue weighted by molar-refractivity contribution is 6.16. The van der Waals surface area contributed by atoms with Crippen LogP contribution in [0.25, 0.3) is 38.6 Å². The van der Waals surface area contributed by atoms with Gasteiger partial charge in [0.2, 0.25) is 0 Å². The summed E-state index contributed by atoms with van der Waals surface area (Å²) in [5.74, 6) is 0.963. The van der Waals surface area contributed by atoms with E-state index in [1.807, 2.05) is 103 Å². The quantitative estimate of drug-likeness (QED) is 0.165. The van der Waals surface area contributed by atoms with E-state index in [2.05, 4.69) is 90.9 Å². The lowest BCUT2D eigenvalue weighted by molar-refractivity contribution is -0.0975. The second kappa shape index (κ2) is 12.7. The van der Waals surface area contributed by atoms with E-state index in [0.29, 0.717) is 46.1 Å². The van der Waals surface area contributed by atoms with Gasteiger partial charge in [0.15, 0.2) is 11.5 Å². The average Bonchev–Trinajstić information content (AvgIpc) is 4.01. The standard InChI is InChI=1S/C55H35N5O2/c1-4-34(5-2)59-44-23-13-9-19-37(44)49-46(59)26-27-47-53(49)61-48-25-15-14-24-45(48)60(47)52-39(30-57)38(29-56)50-51(40(52)31-58)55(62-54(50)32(3)28-33-16-6-10-20-41(33)54)42-21-11-7-17-35(42)36-18-8-12-22-43(36)55/h4-27,32H,1,28H2,2-3H3. The molecular formula is C55H35N5O2. The van der Waals surface area contributed by atoms with Gasteiger partial charge in [-0.1, -0.05) is 123 Å². The SMILES string of the molecule is C=CC(=CC)n1c2ccccc2c2c3c(ccc21)N(c1c(C#N)c(C#N)c2c(c1C#N)C1(OC24c2ccccc2CC4C)c2ccccc2-c2ccccc21)c1ccccc1O3. The Bertz CT molecular complexity index is 3470. The molecular weight excluding hydrogens is 763 g/mol. The molecule has 2 spiro atoms. The predicted octanol–water partition coefficient (Wildman–Crippen LogP) is 12.8. The van der Waals surface area contributed by atoms with Gasteiger partial charge in [-0.3, -0.25) is 0 Å². The van der Waals surface area contributed by atoms with Crippen LogP contribution in [0.4, 0.5) is 17.1 Å². The van der Waals surface area contributed by atoms with Gasteiger partial charge in [-0.2, -0.15) is 15.8 Å². The van der Waals surface area contributed by atoms with Crippen LogP contribution < -0.4 is 9.64 Å². The van der Waals surface area contributed by atoms with Crippen molar-refractivity contribution in [3.63, 3.8) is 0 Å². The third kappa shape index (κ3) is 4.14. The lowest BCUT2D eigenvalue weighted by atomic mass is 9.72. The van der Waals surface area contributed by atoms with Gasteiger partial charge in [-0.15, -0.1) is 0 Å². The third-order valence-electron chi connectivity index (χ3n) is 13.7. The summed E-state index contributed by atoms with van der Waals surface area (Å²) < 4.78 is 17.1. The molecule has 0 fully saturated rings. The highest BCUT2D eigenvalue weighted by Crippen LogP contribution is 2.69. The maximum Gasteiger partial charge on any atom is 0.161 e. The minimum Gasteiger partial charge on any atom is -0.452 e. The molecule has 62 heavy (non-hydrogen) atoms. The smallest absolute Gasteiger partial charge is 0.161 e. The zero-order valence-corrected chi connectivity index (χ0v) is 33.9. The lowest BCUT2D eigenvalue weighted by Gasteiger charge is -2.36. The normalized spacial score (nSPS) is 18.3. The van der Waals surface area contributed by atoms with Gasteiger partial charge in [-0.05, 0) is 77.9 Å². The van der Waals surface area contributed by atoms with E-state index < -0.39 is 11.2 Å². The molecule has 0 saturated heterocycles. The molecule has 0 radical (unpaired) electrons. The Balaban J connectivity index is 1.27.